The molecule has 4 N–H and O–H groups in total. The molecule has 8 heteroatoms. The lowest BCUT2D eigenvalue weighted by Gasteiger charge is -2.07. The number of primary amides is 1. The molecule has 0 unspecified atom stereocenters. The second kappa shape index (κ2) is 6.34. The van der Waals surface area contributed by atoms with Crippen LogP contribution in [0.25, 0.3) is 33.2 Å². The van der Waals surface area contributed by atoms with Gasteiger partial charge in [0, 0.05) is 16.5 Å². The fourth-order valence-electron chi connectivity index (χ4n) is 3.16. The zero-order valence-electron chi connectivity index (χ0n) is 14.6. The van der Waals surface area contributed by atoms with Crippen molar-refractivity contribution in [2.24, 2.45) is 5.73 Å². The highest BCUT2D eigenvalue weighted by Gasteiger charge is 2.18. The van der Waals surface area contributed by atoms with Crippen LogP contribution in [-0.2, 0) is 0 Å². The number of nitrogens with zero attached hydrogens (tertiary/aromatic N) is 1. The molecular formula is C20H14FN3O4. The number of aromatic amines is 1. The Labute approximate surface area is 157 Å². The van der Waals surface area contributed by atoms with Crippen LogP contribution >= 0.6 is 0 Å². The molecule has 140 valence electrons. The predicted octanol–water partition coefficient (Wildman–Crippen LogP) is 3.33. The minimum atomic E-state index is -1.07. The SMILES string of the molecule is COc1ccc(-c2cc(C(N)=O)c3[nH]c4cc(C(=O)O)ccc4c3n2)cc1F. The third kappa shape index (κ3) is 2.71. The van der Waals surface area contributed by atoms with Crippen molar-refractivity contribution in [3.05, 3.63) is 59.4 Å². The minimum Gasteiger partial charge on any atom is -0.494 e. The first-order valence-electron chi connectivity index (χ1n) is 8.22. The average Bonchev–Trinajstić information content (AvgIpc) is 3.04. The fourth-order valence-corrected chi connectivity index (χ4v) is 3.16. The minimum absolute atomic E-state index is 0.0910. The number of carbonyl (C=O) groups is 2. The quantitative estimate of drug-likeness (QED) is 0.503. The molecule has 4 aromatic rings. The summed E-state index contributed by atoms with van der Waals surface area (Å²) < 4.78 is 19.0. The molecule has 2 aromatic carbocycles. The van der Waals surface area contributed by atoms with Gasteiger partial charge in [0.05, 0.1) is 35.0 Å². The number of ether oxygens (including phenoxy) is 1. The molecule has 0 radical (unpaired) electrons. The zero-order valence-corrected chi connectivity index (χ0v) is 14.6. The highest BCUT2D eigenvalue weighted by atomic mass is 19.1. The second-order valence-electron chi connectivity index (χ2n) is 6.18. The van der Waals surface area contributed by atoms with E-state index in [1.54, 1.807) is 12.1 Å². The molecule has 28 heavy (non-hydrogen) atoms. The van der Waals surface area contributed by atoms with Gasteiger partial charge < -0.3 is 20.6 Å². The number of aromatic nitrogens is 2. The van der Waals surface area contributed by atoms with Crippen molar-refractivity contribution in [3.8, 4) is 17.0 Å². The Balaban J connectivity index is 2.01. The summed E-state index contributed by atoms with van der Waals surface area (Å²) in [5.41, 5.74) is 7.92. The number of halogens is 1. The monoisotopic (exact) mass is 379 g/mol. The number of carboxylic acids is 1. The van der Waals surface area contributed by atoms with Crippen molar-refractivity contribution in [3.63, 3.8) is 0 Å². The number of benzene rings is 2. The van der Waals surface area contributed by atoms with Gasteiger partial charge >= 0.3 is 5.97 Å². The molecule has 0 spiro atoms. The van der Waals surface area contributed by atoms with Gasteiger partial charge in [0.2, 0.25) is 0 Å². The zero-order chi connectivity index (χ0) is 20.0. The maximum Gasteiger partial charge on any atom is 0.335 e. The van der Waals surface area contributed by atoms with E-state index in [-0.39, 0.29) is 16.9 Å². The Kier molecular flexibility index (Phi) is 3.96. The molecule has 0 atom stereocenters. The number of rotatable bonds is 4. The standard InChI is InChI=1S/C20H14FN3O4/c1-28-16-5-3-9(6-13(16)21)14-8-12(19(22)25)18-17(23-14)11-4-2-10(20(26)27)7-15(11)24-18/h2-8,24H,1H3,(H2,22,25)(H,26,27). The van der Waals surface area contributed by atoms with E-state index in [2.05, 4.69) is 9.97 Å². The van der Waals surface area contributed by atoms with Gasteiger partial charge in [-0.25, -0.2) is 14.2 Å². The van der Waals surface area contributed by atoms with Crippen molar-refractivity contribution in [1.29, 1.82) is 0 Å². The molecule has 0 aliphatic carbocycles. The third-order valence-electron chi connectivity index (χ3n) is 4.51. The summed E-state index contributed by atoms with van der Waals surface area (Å²) >= 11 is 0. The number of methoxy groups -OCH3 is 1. The smallest absolute Gasteiger partial charge is 0.335 e. The van der Waals surface area contributed by atoms with Crippen molar-refractivity contribution in [2.75, 3.05) is 7.11 Å². The number of nitrogens with one attached hydrogen (secondary N) is 1. The Bertz CT molecular complexity index is 1280. The van der Waals surface area contributed by atoms with Crippen LogP contribution in [0.4, 0.5) is 4.39 Å². The summed E-state index contributed by atoms with van der Waals surface area (Å²) in [5.74, 6) is -2.23. The van der Waals surface area contributed by atoms with E-state index in [1.807, 2.05) is 0 Å². The van der Waals surface area contributed by atoms with Gasteiger partial charge in [0.25, 0.3) is 5.91 Å². The van der Waals surface area contributed by atoms with Crippen LogP contribution in [0.15, 0.2) is 42.5 Å². The number of hydrogen-bond acceptors (Lipinski definition) is 4. The average molecular weight is 379 g/mol. The van der Waals surface area contributed by atoms with E-state index < -0.39 is 17.7 Å². The summed E-state index contributed by atoms with van der Waals surface area (Å²) in [6.45, 7) is 0. The Morgan fingerprint density at radius 2 is 1.96 bits per heavy atom. The van der Waals surface area contributed by atoms with Crippen LogP contribution in [0, 0.1) is 5.82 Å². The molecule has 0 aliphatic rings. The Morgan fingerprint density at radius 1 is 1.18 bits per heavy atom. The first kappa shape index (κ1) is 17.5. The highest BCUT2D eigenvalue weighted by molar-refractivity contribution is 6.14. The van der Waals surface area contributed by atoms with Gasteiger partial charge in [-0.2, -0.15) is 0 Å². The number of hydrogen-bond donors (Lipinski definition) is 3. The maximum atomic E-state index is 14.1. The van der Waals surface area contributed by atoms with E-state index in [0.29, 0.717) is 33.2 Å². The number of aromatic carboxylic acids is 1. The van der Waals surface area contributed by atoms with Gasteiger partial charge in [0.15, 0.2) is 11.6 Å². The number of fused-ring (bicyclic) bond motifs is 3. The molecule has 2 aromatic heterocycles. The lowest BCUT2D eigenvalue weighted by atomic mass is 10.1. The number of carbonyl (C=O) groups excluding carboxylic acids is 1. The molecule has 7 nitrogen and oxygen atoms in total. The lowest BCUT2D eigenvalue weighted by molar-refractivity contribution is 0.0696. The van der Waals surface area contributed by atoms with Crippen LogP contribution in [0.3, 0.4) is 0 Å². The summed E-state index contributed by atoms with van der Waals surface area (Å²) in [5, 5.41) is 9.80. The van der Waals surface area contributed by atoms with Gasteiger partial charge in [-0.15, -0.1) is 0 Å². The largest absolute Gasteiger partial charge is 0.494 e. The molecule has 0 fully saturated rings. The number of H-pyrrole nitrogens is 1. The number of pyridine rings is 1. The van der Waals surface area contributed by atoms with Crippen LogP contribution < -0.4 is 10.5 Å². The van der Waals surface area contributed by atoms with Crippen molar-refractivity contribution in [2.45, 2.75) is 0 Å². The molecule has 0 saturated carbocycles. The predicted molar refractivity (Wildman–Crippen MR) is 101 cm³/mol. The van der Waals surface area contributed by atoms with Crippen LogP contribution in [0.5, 0.6) is 5.75 Å². The van der Waals surface area contributed by atoms with E-state index in [4.69, 9.17) is 10.5 Å². The molecule has 0 saturated heterocycles. The van der Waals surface area contributed by atoms with Crippen LogP contribution in [0.1, 0.15) is 20.7 Å². The lowest BCUT2D eigenvalue weighted by Crippen LogP contribution is -2.12. The number of nitrogens with two attached hydrogens (primary N) is 1. The van der Waals surface area contributed by atoms with E-state index >= 15 is 0 Å². The molecule has 2 heterocycles. The van der Waals surface area contributed by atoms with Crippen molar-refractivity contribution in [1.82, 2.24) is 9.97 Å². The molecule has 4 rings (SSSR count). The van der Waals surface area contributed by atoms with Gasteiger partial charge in [-0.1, -0.05) is 0 Å². The summed E-state index contributed by atoms with van der Waals surface area (Å²) in [6, 6.07) is 10.3. The van der Waals surface area contributed by atoms with E-state index in [0.717, 1.165) is 0 Å². The maximum absolute atomic E-state index is 14.1. The second-order valence-corrected chi connectivity index (χ2v) is 6.18. The topological polar surface area (TPSA) is 118 Å². The van der Waals surface area contributed by atoms with Gasteiger partial charge in [0.1, 0.15) is 0 Å². The number of amides is 1. The highest BCUT2D eigenvalue weighted by Crippen LogP contribution is 2.32. The fraction of sp³-hybridized carbons (Fsp3) is 0.0500. The molecule has 0 bridgehead atoms. The van der Waals surface area contributed by atoms with Gasteiger partial charge in [-0.05, 0) is 42.5 Å². The summed E-state index contributed by atoms with van der Waals surface area (Å²) in [4.78, 5) is 30.8. The Morgan fingerprint density at radius 3 is 2.61 bits per heavy atom. The van der Waals surface area contributed by atoms with Crippen LogP contribution in [0.2, 0.25) is 0 Å². The van der Waals surface area contributed by atoms with Crippen LogP contribution in [-0.4, -0.2) is 34.1 Å². The Hall–Kier alpha value is -3.94. The first-order chi connectivity index (χ1) is 13.4. The van der Waals surface area contributed by atoms with Gasteiger partial charge in [-0.3, -0.25) is 4.79 Å². The van der Waals surface area contributed by atoms with E-state index in [1.165, 1.54) is 37.4 Å². The van der Waals surface area contributed by atoms with E-state index in [9.17, 15) is 19.1 Å². The van der Waals surface area contributed by atoms with Crippen molar-refractivity contribution < 1.29 is 23.8 Å². The molecular weight excluding hydrogens is 365 g/mol. The summed E-state index contributed by atoms with van der Waals surface area (Å²) in [7, 11) is 1.37. The normalized spacial score (nSPS) is 11.1. The summed E-state index contributed by atoms with van der Waals surface area (Å²) in [6.07, 6.45) is 0. The molecule has 0 aliphatic heterocycles. The molecule has 1 amide bonds. The van der Waals surface area contributed by atoms with Crippen molar-refractivity contribution >= 4 is 33.8 Å². The number of carboxylic acid groups (broad SMARTS) is 1. The first-order valence-corrected chi connectivity index (χ1v) is 8.22. The third-order valence-corrected chi connectivity index (χ3v) is 4.51.